The van der Waals surface area contributed by atoms with Gasteiger partial charge in [0, 0.05) is 11.6 Å². The van der Waals surface area contributed by atoms with E-state index in [9.17, 15) is 4.79 Å². The fourth-order valence-corrected chi connectivity index (χ4v) is 3.43. The Kier molecular flexibility index (Phi) is 6.29. The molecule has 0 bridgehead atoms. The van der Waals surface area contributed by atoms with Gasteiger partial charge < -0.3 is 19.8 Å². The maximum Gasteiger partial charge on any atom is 0.287 e. The first-order chi connectivity index (χ1) is 15.1. The van der Waals surface area contributed by atoms with Gasteiger partial charge in [0.1, 0.15) is 11.5 Å². The molecule has 6 heteroatoms. The van der Waals surface area contributed by atoms with E-state index in [-0.39, 0.29) is 17.8 Å². The molecule has 158 valence electrons. The average Bonchev–Trinajstić information content (AvgIpc) is 3.44. The van der Waals surface area contributed by atoms with Gasteiger partial charge in [0.15, 0.2) is 5.82 Å². The summed E-state index contributed by atoms with van der Waals surface area (Å²) in [5.74, 6) is 1.49. The van der Waals surface area contributed by atoms with Gasteiger partial charge in [-0.2, -0.15) is 0 Å². The number of rotatable bonds is 6. The quantitative estimate of drug-likeness (QED) is 0.601. The number of aromatic amines is 1. The molecule has 6 nitrogen and oxygen atoms in total. The highest BCUT2D eigenvalue weighted by atomic mass is 16.5. The summed E-state index contributed by atoms with van der Waals surface area (Å²) >= 11 is 0. The van der Waals surface area contributed by atoms with Gasteiger partial charge in [0.05, 0.1) is 25.1 Å². The topological polar surface area (TPSA) is 76.2 Å². The first-order valence-electron chi connectivity index (χ1n) is 10.3. The molecular weight excluding hydrogens is 390 g/mol. The summed E-state index contributed by atoms with van der Waals surface area (Å²) in [7, 11) is 0. The molecule has 0 radical (unpaired) electrons. The van der Waals surface area contributed by atoms with Gasteiger partial charge in [-0.3, -0.25) is 4.79 Å². The molecule has 1 atom stereocenters. The zero-order chi connectivity index (χ0) is 21.6. The Morgan fingerprint density at radius 2 is 1.90 bits per heavy atom. The van der Waals surface area contributed by atoms with Crippen molar-refractivity contribution in [1.29, 1.82) is 0 Å². The molecule has 0 spiro atoms. The van der Waals surface area contributed by atoms with E-state index in [0.29, 0.717) is 19.0 Å². The van der Waals surface area contributed by atoms with E-state index in [1.165, 1.54) is 5.57 Å². The minimum atomic E-state index is -0.256. The van der Waals surface area contributed by atoms with Crippen LogP contribution in [0.15, 0.2) is 84.1 Å². The number of para-hydroxylation sites is 1. The fourth-order valence-electron chi connectivity index (χ4n) is 3.43. The van der Waals surface area contributed by atoms with Gasteiger partial charge in [-0.15, -0.1) is 0 Å². The number of nitrogens with zero attached hydrogens (tertiary/aromatic N) is 1. The van der Waals surface area contributed by atoms with Crippen LogP contribution in [0.5, 0.6) is 11.5 Å². The maximum absolute atomic E-state index is 12.6. The number of carbonyl (C=O) groups is 1. The molecule has 0 saturated carbocycles. The number of benzene rings is 2. The zero-order valence-corrected chi connectivity index (χ0v) is 17.6. The fraction of sp³-hybridized carbons (Fsp3) is 0.200. The lowest BCUT2D eigenvalue weighted by Gasteiger charge is -2.10. The van der Waals surface area contributed by atoms with Crippen LogP contribution in [0.3, 0.4) is 0 Å². The van der Waals surface area contributed by atoms with Crippen LogP contribution < -0.4 is 10.1 Å². The molecule has 1 fully saturated rings. The van der Waals surface area contributed by atoms with Crippen molar-refractivity contribution in [1.82, 2.24) is 15.3 Å². The third-order valence-electron chi connectivity index (χ3n) is 5.00. The van der Waals surface area contributed by atoms with Crippen LogP contribution in [-0.2, 0) is 4.74 Å². The van der Waals surface area contributed by atoms with Crippen molar-refractivity contribution in [2.45, 2.75) is 19.9 Å². The lowest BCUT2D eigenvalue weighted by atomic mass is 10.1. The SMILES string of the molecule is C/C=C1/COC/C1=C/C(C)NC(=O)c1ncc(-c2cccc(Oc3ccccc3)c2)[nH]1. The van der Waals surface area contributed by atoms with Crippen LogP contribution >= 0.6 is 0 Å². The molecule has 1 aliphatic heterocycles. The summed E-state index contributed by atoms with van der Waals surface area (Å²) in [4.78, 5) is 20.0. The van der Waals surface area contributed by atoms with Crippen molar-refractivity contribution >= 4 is 5.91 Å². The molecule has 0 aliphatic carbocycles. The predicted octanol–water partition coefficient (Wildman–Crippen LogP) is 4.89. The highest BCUT2D eigenvalue weighted by molar-refractivity contribution is 5.91. The second kappa shape index (κ2) is 9.45. The molecule has 4 rings (SSSR count). The first kappa shape index (κ1) is 20.6. The van der Waals surface area contributed by atoms with Crippen molar-refractivity contribution in [2.75, 3.05) is 13.2 Å². The van der Waals surface area contributed by atoms with Gasteiger partial charge >= 0.3 is 0 Å². The van der Waals surface area contributed by atoms with Crippen molar-refractivity contribution in [3.05, 3.63) is 89.9 Å². The van der Waals surface area contributed by atoms with Crippen molar-refractivity contribution < 1.29 is 14.3 Å². The van der Waals surface area contributed by atoms with E-state index in [2.05, 4.69) is 15.3 Å². The molecular formula is C25H25N3O3. The molecule has 31 heavy (non-hydrogen) atoms. The molecule has 2 N–H and O–H groups in total. The summed E-state index contributed by atoms with van der Waals surface area (Å²) in [5.41, 5.74) is 3.91. The maximum atomic E-state index is 12.6. The molecule has 2 heterocycles. The summed E-state index contributed by atoms with van der Waals surface area (Å²) < 4.78 is 11.4. The van der Waals surface area contributed by atoms with Crippen LogP contribution in [0.25, 0.3) is 11.3 Å². The van der Waals surface area contributed by atoms with Gasteiger partial charge in [0.25, 0.3) is 5.91 Å². The molecule has 1 saturated heterocycles. The van der Waals surface area contributed by atoms with Gasteiger partial charge in [-0.05, 0) is 49.3 Å². The Morgan fingerprint density at radius 1 is 1.13 bits per heavy atom. The number of hydrogen-bond acceptors (Lipinski definition) is 4. The van der Waals surface area contributed by atoms with Crippen molar-refractivity contribution in [3.8, 4) is 22.8 Å². The number of aromatic nitrogens is 2. The minimum Gasteiger partial charge on any atom is -0.457 e. The van der Waals surface area contributed by atoms with Crippen molar-refractivity contribution in [2.24, 2.45) is 0 Å². The standard InChI is InChI=1S/C25H25N3O3/c1-3-18-15-30-16-20(18)12-17(2)27-25(29)24-26-14-23(28-24)19-8-7-11-22(13-19)31-21-9-5-4-6-10-21/h3-14,17H,15-16H2,1-2H3,(H,26,28)(H,27,29)/b18-3-,20-12-. The first-order valence-corrected chi connectivity index (χ1v) is 10.3. The lowest BCUT2D eigenvalue weighted by molar-refractivity contribution is 0.0937. The van der Waals surface area contributed by atoms with Crippen LogP contribution in [0.4, 0.5) is 0 Å². The zero-order valence-electron chi connectivity index (χ0n) is 17.6. The Hall–Kier alpha value is -3.64. The van der Waals surface area contributed by atoms with Gasteiger partial charge in [0.2, 0.25) is 0 Å². The summed E-state index contributed by atoms with van der Waals surface area (Å²) in [6.07, 6.45) is 5.72. The Balaban J connectivity index is 1.44. The van der Waals surface area contributed by atoms with Crippen molar-refractivity contribution in [3.63, 3.8) is 0 Å². The third-order valence-corrected chi connectivity index (χ3v) is 5.00. The molecule has 3 aromatic rings. The molecule has 1 unspecified atom stereocenters. The monoisotopic (exact) mass is 415 g/mol. The number of amides is 1. The molecule has 1 aliphatic rings. The van der Waals surface area contributed by atoms with E-state index in [1.807, 2.05) is 80.6 Å². The van der Waals surface area contributed by atoms with Crippen LogP contribution in [0.1, 0.15) is 24.5 Å². The Bertz CT molecular complexity index is 1120. The van der Waals surface area contributed by atoms with E-state index < -0.39 is 0 Å². The highest BCUT2D eigenvalue weighted by Crippen LogP contribution is 2.26. The smallest absolute Gasteiger partial charge is 0.287 e. The molecule has 1 aromatic heterocycles. The van der Waals surface area contributed by atoms with E-state index in [0.717, 1.165) is 22.6 Å². The summed E-state index contributed by atoms with van der Waals surface area (Å²) in [6, 6.07) is 17.1. The molecule has 1 amide bonds. The van der Waals surface area contributed by atoms with Crippen LogP contribution in [-0.4, -0.2) is 35.1 Å². The third kappa shape index (κ3) is 5.10. The van der Waals surface area contributed by atoms with Crippen LogP contribution in [0.2, 0.25) is 0 Å². The Morgan fingerprint density at radius 3 is 2.71 bits per heavy atom. The second-order valence-corrected chi connectivity index (χ2v) is 7.35. The Labute approximate surface area is 181 Å². The predicted molar refractivity (Wildman–Crippen MR) is 120 cm³/mol. The number of carbonyl (C=O) groups excluding carboxylic acids is 1. The lowest BCUT2D eigenvalue weighted by Crippen LogP contribution is -2.32. The van der Waals surface area contributed by atoms with Gasteiger partial charge in [-0.25, -0.2) is 4.98 Å². The number of H-pyrrole nitrogens is 1. The van der Waals surface area contributed by atoms with Crippen LogP contribution in [0, 0.1) is 0 Å². The highest BCUT2D eigenvalue weighted by Gasteiger charge is 2.17. The average molecular weight is 415 g/mol. The number of hydrogen-bond donors (Lipinski definition) is 2. The van der Waals surface area contributed by atoms with Gasteiger partial charge in [-0.1, -0.05) is 42.5 Å². The number of ether oxygens (including phenoxy) is 2. The van der Waals surface area contributed by atoms with E-state index >= 15 is 0 Å². The minimum absolute atomic E-state index is 0.143. The number of allylic oxidation sites excluding steroid dienone is 1. The van der Waals surface area contributed by atoms with E-state index in [1.54, 1.807) is 6.20 Å². The molecule has 2 aromatic carbocycles. The normalized spacial score (nSPS) is 17.1. The second-order valence-electron chi connectivity index (χ2n) is 7.35. The number of nitrogens with one attached hydrogen (secondary N) is 2. The van der Waals surface area contributed by atoms with E-state index in [4.69, 9.17) is 9.47 Å². The summed E-state index contributed by atoms with van der Waals surface area (Å²) in [5, 5.41) is 2.96. The summed E-state index contributed by atoms with van der Waals surface area (Å²) in [6.45, 7) is 5.12. The number of imidazole rings is 1. The largest absolute Gasteiger partial charge is 0.457 e.